The van der Waals surface area contributed by atoms with Crippen molar-refractivity contribution in [3.8, 4) is 11.5 Å². The van der Waals surface area contributed by atoms with Crippen LogP contribution in [0.3, 0.4) is 0 Å². The predicted molar refractivity (Wildman–Crippen MR) is 98.9 cm³/mol. The Morgan fingerprint density at radius 1 is 1.42 bits per heavy atom. The highest BCUT2D eigenvalue weighted by atomic mass is 16.5. The van der Waals surface area contributed by atoms with Gasteiger partial charge in [-0.2, -0.15) is 0 Å². The molecule has 2 atom stereocenters. The van der Waals surface area contributed by atoms with Gasteiger partial charge in [-0.1, -0.05) is 0 Å². The lowest BCUT2D eigenvalue weighted by atomic mass is 9.97. The fraction of sp³-hybridized carbons (Fsp3) is 0.500. The summed E-state index contributed by atoms with van der Waals surface area (Å²) in [6.07, 6.45) is 5.85. The zero-order valence-electron chi connectivity index (χ0n) is 15.4. The average molecular weight is 358 g/mol. The van der Waals surface area contributed by atoms with Crippen molar-refractivity contribution < 1.29 is 19.1 Å². The minimum atomic E-state index is -0.338. The van der Waals surface area contributed by atoms with Crippen molar-refractivity contribution in [1.82, 2.24) is 4.90 Å². The van der Waals surface area contributed by atoms with Crippen molar-refractivity contribution in [3.63, 3.8) is 0 Å². The van der Waals surface area contributed by atoms with Crippen LogP contribution < -0.4 is 15.2 Å². The van der Waals surface area contributed by atoms with E-state index in [0.29, 0.717) is 19.7 Å². The first kappa shape index (κ1) is 18.3. The summed E-state index contributed by atoms with van der Waals surface area (Å²) in [4.78, 5) is 25.6. The van der Waals surface area contributed by atoms with E-state index in [0.717, 1.165) is 41.9 Å². The SMILES string of the molecule is CCOc1cc2c(cc1/C=C/C(=O)N1CCCC(C(N)=O)C1)OC(C)C2. The maximum absolute atomic E-state index is 12.5. The number of hydrogen-bond donors (Lipinski definition) is 1. The molecule has 0 spiro atoms. The van der Waals surface area contributed by atoms with Crippen LogP contribution in [0.4, 0.5) is 0 Å². The van der Waals surface area contributed by atoms with Crippen LogP contribution in [0.2, 0.25) is 0 Å². The highest BCUT2D eigenvalue weighted by Crippen LogP contribution is 2.35. The minimum Gasteiger partial charge on any atom is -0.493 e. The number of benzene rings is 1. The average Bonchev–Trinajstić information content (AvgIpc) is 2.98. The van der Waals surface area contributed by atoms with E-state index in [1.54, 1.807) is 11.0 Å². The van der Waals surface area contributed by atoms with Crippen LogP contribution in [0, 0.1) is 5.92 Å². The summed E-state index contributed by atoms with van der Waals surface area (Å²) in [7, 11) is 0. The summed E-state index contributed by atoms with van der Waals surface area (Å²) in [6.45, 7) is 5.56. The molecule has 2 unspecified atom stereocenters. The van der Waals surface area contributed by atoms with Crippen LogP contribution in [-0.2, 0) is 16.0 Å². The quantitative estimate of drug-likeness (QED) is 0.818. The first-order valence-electron chi connectivity index (χ1n) is 9.20. The fourth-order valence-electron chi connectivity index (χ4n) is 3.54. The van der Waals surface area contributed by atoms with E-state index < -0.39 is 0 Å². The molecular formula is C20H26N2O4. The van der Waals surface area contributed by atoms with Gasteiger partial charge >= 0.3 is 0 Å². The van der Waals surface area contributed by atoms with Gasteiger partial charge in [0, 0.05) is 36.7 Å². The Morgan fingerprint density at radius 2 is 2.23 bits per heavy atom. The molecule has 1 aromatic carbocycles. The Kier molecular flexibility index (Phi) is 5.49. The van der Waals surface area contributed by atoms with Gasteiger partial charge in [-0.3, -0.25) is 9.59 Å². The van der Waals surface area contributed by atoms with E-state index in [-0.39, 0.29) is 23.8 Å². The molecule has 2 aliphatic heterocycles. The van der Waals surface area contributed by atoms with Crippen molar-refractivity contribution >= 4 is 17.9 Å². The summed E-state index contributed by atoms with van der Waals surface area (Å²) < 4.78 is 11.5. The molecule has 1 aromatic rings. The van der Waals surface area contributed by atoms with Gasteiger partial charge < -0.3 is 20.1 Å². The molecule has 0 saturated carbocycles. The van der Waals surface area contributed by atoms with Gasteiger partial charge in [-0.15, -0.1) is 0 Å². The van der Waals surface area contributed by atoms with E-state index in [9.17, 15) is 9.59 Å². The number of likely N-dealkylation sites (tertiary alicyclic amines) is 1. The molecule has 2 amide bonds. The molecule has 0 bridgehead atoms. The number of nitrogens with zero attached hydrogens (tertiary/aromatic N) is 1. The van der Waals surface area contributed by atoms with Crippen molar-refractivity contribution in [1.29, 1.82) is 0 Å². The topological polar surface area (TPSA) is 81.9 Å². The third kappa shape index (κ3) is 4.00. The Balaban J connectivity index is 1.76. The molecule has 2 heterocycles. The zero-order chi connectivity index (χ0) is 18.7. The summed E-state index contributed by atoms with van der Waals surface area (Å²) in [6, 6.07) is 3.92. The van der Waals surface area contributed by atoms with Crippen molar-refractivity contribution in [2.24, 2.45) is 11.7 Å². The summed E-state index contributed by atoms with van der Waals surface area (Å²) in [5.41, 5.74) is 7.33. The van der Waals surface area contributed by atoms with E-state index in [2.05, 4.69) is 0 Å². The number of nitrogens with two attached hydrogens (primary N) is 1. The molecule has 2 aliphatic rings. The van der Waals surface area contributed by atoms with E-state index >= 15 is 0 Å². The summed E-state index contributed by atoms with van der Waals surface area (Å²) >= 11 is 0. The second kappa shape index (κ2) is 7.81. The van der Waals surface area contributed by atoms with Crippen LogP contribution in [-0.4, -0.2) is 42.5 Å². The monoisotopic (exact) mass is 358 g/mol. The molecule has 3 rings (SSSR count). The van der Waals surface area contributed by atoms with Crippen LogP contribution in [0.25, 0.3) is 6.08 Å². The zero-order valence-corrected chi connectivity index (χ0v) is 15.4. The number of carbonyl (C=O) groups excluding carboxylic acids is 2. The normalized spacial score (nSPS) is 22.2. The number of carbonyl (C=O) groups is 2. The first-order valence-corrected chi connectivity index (χ1v) is 9.20. The van der Waals surface area contributed by atoms with E-state index in [1.807, 2.05) is 26.0 Å². The lowest BCUT2D eigenvalue weighted by Crippen LogP contribution is -2.43. The molecule has 140 valence electrons. The Labute approximate surface area is 153 Å². The van der Waals surface area contributed by atoms with Gasteiger partial charge in [0.2, 0.25) is 11.8 Å². The largest absolute Gasteiger partial charge is 0.493 e. The van der Waals surface area contributed by atoms with Crippen LogP contribution >= 0.6 is 0 Å². The molecule has 1 saturated heterocycles. The molecule has 0 aromatic heterocycles. The highest BCUT2D eigenvalue weighted by molar-refractivity contribution is 5.92. The van der Waals surface area contributed by atoms with Gasteiger partial charge in [-0.05, 0) is 44.9 Å². The maximum Gasteiger partial charge on any atom is 0.246 e. The molecule has 0 aliphatic carbocycles. The van der Waals surface area contributed by atoms with E-state index in [4.69, 9.17) is 15.2 Å². The highest BCUT2D eigenvalue weighted by Gasteiger charge is 2.26. The van der Waals surface area contributed by atoms with Crippen LogP contribution in [0.15, 0.2) is 18.2 Å². The molecule has 26 heavy (non-hydrogen) atoms. The van der Waals surface area contributed by atoms with Crippen molar-refractivity contribution in [3.05, 3.63) is 29.3 Å². The molecular weight excluding hydrogens is 332 g/mol. The number of amides is 2. The Hall–Kier alpha value is -2.50. The smallest absolute Gasteiger partial charge is 0.246 e. The molecule has 2 N–H and O–H groups in total. The first-order chi connectivity index (χ1) is 12.5. The van der Waals surface area contributed by atoms with Gasteiger partial charge in [0.05, 0.1) is 12.5 Å². The van der Waals surface area contributed by atoms with Crippen LogP contribution in [0.5, 0.6) is 11.5 Å². The number of primary amides is 1. The van der Waals surface area contributed by atoms with Crippen molar-refractivity contribution in [2.75, 3.05) is 19.7 Å². The van der Waals surface area contributed by atoms with Crippen LogP contribution in [0.1, 0.15) is 37.8 Å². The molecule has 6 heteroatoms. The molecule has 1 fully saturated rings. The fourth-order valence-corrected chi connectivity index (χ4v) is 3.54. The maximum atomic E-state index is 12.5. The standard InChI is InChI=1S/C20H26N2O4/c1-3-25-17-11-16-9-13(2)26-18(16)10-14(17)6-7-19(23)22-8-4-5-15(12-22)20(21)24/h6-7,10-11,13,15H,3-5,8-9,12H2,1-2H3,(H2,21,24)/b7-6+. The molecule has 6 nitrogen and oxygen atoms in total. The second-order valence-electron chi connectivity index (χ2n) is 6.92. The van der Waals surface area contributed by atoms with E-state index in [1.165, 1.54) is 6.08 Å². The van der Waals surface area contributed by atoms with Crippen molar-refractivity contribution in [2.45, 2.75) is 39.2 Å². The number of ether oxygens (including phenoxy) is 2. The lowest BCUT2D eigenvalue weighted by molar-refractivity contribution is -0.130. The summed E-state index contributed by atoms with van der Waals surface area (Å²) in [5, 5.41) is 0. The van der Waals surface area contributed by atoms with Gasteiger partial charge in [0.15, 0.2) is 0 Å². The number of piperidine rings is 1. The number of hydrogen-bond acceptors (Lipinski definition) is 4. The number of rotatable bonds is 5. The Morgan fingerprint density at radius 3 is 2.96 bits per heavy atom. The lowest BCUT2D eigenvalue weighted by Gasteiger charge is -2.30. The number of fused-ring (bicyclic) bond motifs is 1. The van der Waals surface area contributed by atoms with Gasteiger partial charge in [-0.25, -0.2) is 0 Å². The third-order valence-corrected chi connectivity index (χ3v) is 4.87. The minimum absolute atomic E-state index is 0.117. The van der Waals surface area contributed by atoms with Gasteiger partial charge in [0.1, 0.15) is 17.6 Å². The van der Waals surface area contributed by atoms with Gasteiger partial charge in [0.25, 0.3) is 0 Å². The predicted octanol–water partition coefficient (Wildman–Crippen LogP) is 2.15. The second-order valence-corrected chi connectivity index (χ2v) is 6.92. The summed E-state index contributed by atoms with van der Waals surface area (Å²) in [5.74, 6) is 0.889. The molecule has 0 radical (unpaired) electrons. The Bertz CT molecular complexity index is 729. The third-order valence-electron chi connectivity index (χ3n) is 4.87.